The maximum absolute atomic E-state index is 5.34. The molecular weight excluding hydrogens is 194 g/mol. The van der Waals surface area contributed by atoms with Gasteiger partial charge in [0.05, 0.1) is 6.54 Å². The highest BCUT2D eigenvalue weighted by Crippen LogP contribution is 2.12. The molecule has 0 bridgehead atoms. The summed E-state index contributed by atoms with van der Waals surface area (Å²) in [4.78, 5) is 20.6. The Morgan fingerprint density at radius 2 is 2.00 bits per heavy atom. The highest BCUT2D eigenvalue weighted by Gasteiger charge is 2.16. The highest BCUT2D eigenvalue weighted by atomic mass is 16.5. The molecule has 0 aromatic carbocycles. The van der Waals surface area contributed by atoms with Crippen LogP contribution in [-0.4, -0.2) is 39.0 Å². The predicted molar refractivity (Wildman–Crippen MR) is 52.5 cm³/mol. The Labute approximate surface area is 85.1 Å². The van der Waals surface area contributed by atoms with Gasteiger partial charge in [0, 0.05) is 12.4 Å². The van der Waals surface area contributed by atoms with E-state index in [4.69, 9.17) is 4.74 Å². The molecule has 0 spiro atoms. The fraction of sp³-hybridized carbons (Fsp3) is 0.222. The lowest BCUT2D eigenvalue weighted by atomic mass is 10.3. The Morgan fingerprint density at radius 3 is 2.87 bits per heavy atom. The molecular formula is C9H7N5O. The molecule has 0 unspecified atom stereocenters. The summed E-state index contributed by atoms with van der Waals surface area (Å²) in [5, 5.41) is 0. The van der Waals surface area contributed by atoms with Crippen molar-refractivity contribution in [3.8, 4) is 0 Å². The van der Waals surface area contributed by atoms with Crippen LogP contribution in [0.1, 0.15) is 5.69 Å². The van der Waals surface area contributed by atoms with Gasteiger partial charge in [0.25, 0.3) is 0 Å². The van der Waals surface area contributed by atoms with Gasteiger partial charge in [-0.3, -0.25) is 0 Å². The van der Waals surface area contributed by atoms with Gasteiger partial charge in [-0.2, -0.15) is 0 Å². The van der Waals surface area contributed by atoms with Crippen molar-refractivity contribution in [2.75, 3.05) is 13.2 Å². The average molecular weight is 201 g/mol. The lowest BCUT2D eigenvalue weighted by molar-refractivity contribution is 0.347. The Hall–Kier alpha value is -2.11. The van der Waals surface area contributed by atoms with E-state index in [-0.39, 0.29) is 0 Å². The van der Waals surface area contributed by atoms with Gasteiger partial charge in [0.15, 0.2) is 11.3 Å². The minimum atomic E-state index is 0.530. The number of hydrogen-bond acceptors (Lipinski definition) is 6. The maximum Gasteiger partial charge on any atom is 0.237 e. The van der Waals surface area contributed by atoms with Crippen molar-refractivity contribution in [3.63, 3.8) is 0 Å². The van der Waals surface area contributed by atoms with Gasteiger partial charge < -0.3 is 4.74 Å². The number of rotatable bonds is 1. The van der Waals surface area contributed by atoms with Crippen LogP contribution in [0.3, 0.4) is 0 Å². The summed E-state index contributed by atoms with van der Waals surface area (Å²) < 4.78 is 5.34. The van der Waals surface area contributed by atoms with Crippen LogP contribution in [-0.2, 0) is 4.74 Å². The van der Waals surface area contributed by atoms with Crippen LogP contribution < -0.4 is 0 Å². The van der Waals surface area contributed by atoms with E-state index in [1.54, 1.807) is 12.4 Å². The molecule has 0 radical (unpaired) electrons. The topological polar surface area (TPSA) is 73.2 Å². The molecule has 2 aromatic rings. The van der Waals surface area contributed by atoms with Gasteiger partial charge in [0.2, 0.25) is 5.90 Å². The lowest BCUT2D eigenvalue weighted by Gasteiger charge is -2.02. The molecule has 74 valence electrons. The van der Waals surface area contributed by atoms with Crippen LogP contribution in [0.4, 0.5) is 0 Å². The number of nitrogens with zero attached hydrogens (tertiary/aromatic N) is 5. The van der Waals surface area contributed by atoms with Crippen molar-refractivity contribution < 1.29 is 4.74 Å². The van der Waals surface area contributed by atoms with Crippen LogP contribution in [0.5, 0.6) is 0 Å². The molecule has 0 N–H and O–H groups in total. The van der Waals surface area contributed by atoms with Gasteiger partial charge in [-0.05, 0) is 0 Å². The third kappa shape index (κ3) is 1.30. The van der Waals surface area contributed by atoms with Crippen molar-refractivity contribution in [3.05, 3.63) is 24.4 Å². The number of aromatic nitrogens is 4. The molecule has 6 heteroatoms. The number of fused-ring (bicyclic) bond motifs is 1. The summed E-state index contributed by atoms with van der Waals surface area (Å²) >= 11 is 0. The normalized spacial score (nSPS) is 15.1. The van der Waals surface area contributed by atoms with E-state index in [9.17, 15) is 0 Å². The third-order valence-electron chi connectivity index (χ3n) is 2.06. The molecule has 6 nitrogen and oxygen atoms in total. The minimum absolute atomic E-state index is 0.530. The zero-order valence-electron chi connectivity index (χ0n) is 7.79. The summed E-state index contributed by atoms with van der Waals surface area (Å²) in [6.07, 6.45) is 4.64. The van der Waals surface area contributed by atoms with E-state index < -0.39 is 0 Å². The van der Waals surface area contributed by atoms with Crippen molar-refractivity contribution >= 4 is 17.1 Å². The summed E-state index contributed by atoms with van der Waals surface area (Å²) in [5.41, 5.74) is 1.80. The molecule has 3 heterocycles. The number of ether oxygens (including phenoxy) is 1. The Balaban J connectivity index is 2.26. The average Bonchev–Trinajstić information content (AvgIpc) is 2.82. The summed E-state index contributed by atoms with van der Waals surface area (Å²) in [6.45, 7) is 1.27. The summed E-state index contributed by atoms with van der Waals surface area (Å²) in [5.74, 6) is 0.530. The van der Waals surface area contributed by atoms with Crippen LogP contribution >= 0.6 is 0 Å². The quantitative estimate of drug-likeness (QED) is 0.658. The molecule has 0 amide bonds. The molecule has 1 aliphatic rings. The van der Waals surface area contributed by atoms with E-state index in [1.807, 2.05) is 0 Å². The zero-order valence-corrected chi connectivity index (χ0v) is 7.79. The van der Waals surface area contributed by atoms with E-state index in [0.29, 0.717) is 35.9 Å². The van der Waals surface area contributed by atoms with Crippen molar-refractivity contribution in [2.24, 2.45) is 4.99 Å². The summed E-state index contributed by atoms with van der Waals surface area (Å²) in [6, 6.07) is 0. The first kappa shape index (κ1) is 8.22. The van der Waals surface area contributed by atoms with Crippen LogP contribution in [0.25, 0.3) is 11.2 Å². The molecule has 1 aliphatic heterocycles. The van der Waals surface area contributed by atoms with E-state index in [2.05, 4.69) is 24.9 Å². The fourth-order valence-corrected chi connectivity index (χ4v) is 1.43. The van der Waals surface area contributed by atoms with Crippen molar-refractivity contribution in [1.29, 1.82) is 0 Å². The molecule has 0 saturated carbocycles. The third-order valence-corrected chi connectivity index (χ3v) is 2.06. The predicted octanol–water partition coefficient (Wildman–Crippen LogP) is 0.197. The van der Waals surface area contributed by atoms with Crippen molar-refractivity contribution in [2.45, 2.75) is 0 Å². The second-order valence-electron chi connectivity index (χ2n) is 2.99. The molecule has 0 saturated heterocycles. The monoisotopic (exact) mass is 201 g/mol. The van der Waals surface area contributed by atoms with E-state index in [0.717, 1.165) is 0 Å². The SMILES string of the molecule is c1cnc2c(C3=NCCO3)ncnc2n1. The van der Waals surface area contributed by atoms with Crippen LogP contribution in [0, 0.1) is 0 Å². The van der Waals surface area contributed by atoms with Gasteiger partial charge in [-0.1, -0.05) is 0 Å². The highest BCUT2D eigenvalue weighted by molar-refractivity contribution is 6.02. The first-order chi connectivity index (χ1) is 7.45. The fourth-order valence-electron chi connectivity index (χ4n) is 1.43. The molecule has 2 aromatic heterocycles. The van der Waals surface area contributed by atoms with Crippen LogP contribution in [0.2, 0.25) is 0 Å². The Morgan fingerprint density at radius 1 is 1.07 bits per heavy atom. The van der Waals surface area contributed by atoms with Crippen molar-refractivity contribution in [1.82, 2.24) is 19.9 Å². The largest absolute Gasteiger partial charge is 0.474 e. The number of aliphatic imine (C=N–C) groups is 1. The molecule has 0 fully saturated rings. The zero-order chi connectivity index (χ0) is 10.1. The van der Waals surface area contributed by atoms with Gasteiger partial charge in [-0.25, -0.2) is 24.9 Å². The van der Waals surface area contributed by atoms with Gasteiger partial charge in [0.1, 0.15) is 18.5 Å². The second kappa shape index (κ2) is 3.23. The molecule has 3 rings (SSSR count). The van der Waals surface area contributed by atoms with Crippen LogP contribution in [0.15, 0.2) is 23.7 Å². The molecule has 15 heavy (non-hydrogen) atoms. The molecule has 0 atom stereocenters. The first-order valence-corrected chi connectivity index (χ1v) is 4.54. The molecule has 0 aliphatic carbocycles. The Bertz CT molecular complexity index is 534. The standard InChI is InChI=1S/C9H7N5O/c1-2-11-8-6(10-1)7(13-5-14-8)9-12-3-4-15-9/h1-2,5H,3-4H2. The van der Waals surface area contributed by atoms with E-state index in [1.165, 1.54) is 6.33 Å². The smallest absolute Gasteiger partial charge is 0.237 e. The lowest BCUT2D eigenvalue weighted by Crippen LogP contribution is -2.06. The summed E-state index contributed by atoms with van der Waals surface area (Å²) in [7, 11) is 0. The number of hydrogen-bond donors (Lipinski definition) is 0. The first-order valence-electron chi connectivity index (χ1n) is 4.54. The minimum Gasteiger partial charge on any atom is -0.474 e. The second-order valence-corrected chi connectivity index (χ2v) is 2.99. The van der Waals surface area contributed by atoms with Gasteiger partial charge in [-0.15, -0.1) is 0 Å². The van der Waals surface area contributed by atoms with E-state index >= 15 is 0 Å². The Kier molecular flexibility index (Phi) is 1.77. The van der Waals surface area contributed by atoms with Gasteiger partial charge >= 0.3 is 0 Å². The maximum atomic E-state index is 5.34.